The molecular weight excluding hydrogens is 368 g/mol. The number of hydrogen-bond donors (Lipinski definition) is 0. The Labute approximate surface area is 158 Å². The molecule has 0 saturated carbocycles. The summed E-state index contributed by atoms with van der Waals surface area (Å²) in [6.07, 6.45) is 3.00. The van der Waals surface area contributed by atoms with Crippen LogP contribution in [0.15, 0.2) is 65.7 Å². The number of nitrogens with zero attached hydrogens (tertiary/aromatic N) is 2. The van der Waals surface area contributed by atoms with Gasteiger partial charge in [-0.2, -0.15) is 0 Å². The number of hydrogen-bond acceptors (Lipinski definition) is 4. The van der Waals surface area contributed by atoms with E-state index >= 15 is 0 Å². The maximum atomic E-state index is 12.9. The van der Waals surface area contributed by atoms with Crippen molar-refractivity contribution in [2.45, 2.75) is 23.0 Å². The monoisotopic (exact) mass is 386 g/mol. The molecule has 0 spiro atoms. The number of piperidine rings is 1. The zero-order valence-corrected chi connectivity index (χ0v) is 15.7. The van der Waals surface area contributed by atoms with E-state index in [1.54, 1.807) is 24.3 Å². The molecule has 0 N–H and O–H groups in total. The first-order chi connectivity index (χ1) is 12.6. The normalized spacial score (nSPS) is 16.1. The molecule has 134 valence electrons. The summed E-state index contributed by atoms with van der Waals surface area (Å²) in [7, 11) is -3.33. The van der Waals surface area contributed by atoms with Gasteiger partial charge < -0.3 is 4.90 Å². The molecule has 0 atom stereocenters. The minimum Gasteiger partial charge on any atom is -0.356 e. The van der Waals surface area contributed by atoms with Crippen molar-refractivity contribution >= 4 is 38.0 Å². The van der Waals surface area contributed by atoms with Gasteiger partial charge in [-0.1, -0.05) is 35.9 Å². The number of pyridine rings is 1. The molecule has 3 aromatic rings. The summed E-state index contributed by atoms with van der Waals surface area (Å²) in [5, 5.41) is 2.43. The summed E-state index contributed by atoms with van der Waals surface area (Å²) < 4.78 is 25.8. The standard InChI is InChI=1S/C20H19ClN2O2S/c21-16-5-7-17(8-6-16)26(24,25)18-10-13-23(14-11-18)20-19-4-2-1-3-15(19)9-12-22-20/h1-9,12,18H,10-11,13-14H2. The van der Waals surface area contributed by atoms with Gasteiger partial charge in [-0.3, -0.25) is 0 Å². The Morgan fingerprint density at radius 3 is 2.38 bits per heavy atom. The van der Waals surface area contributed by atoms with Crippen LogP contribution in [0, 0.1) is 0 Å². The van der Waals surface area contributed by atoms with Gasteiger partial charge in [-0.25, -0.2) is 13.4 Å². The predicted octanol–water partition coefficient (Wildman–Crippen LogP) is 4.33. The second-order valence-electron chi connectivity index (χ2n) is 6.54. The Hall–Kier alpha value is -2.11. The van der Waals surface area contributed by atoms with Crippen LogP contribution in [0.25, 0.3) is 10.8 Å². The van der Waals surface area contributed by atoms with Crippen molar-refractivity contribution in [3.63, 3.8) is 0 Å². The second kappa shape index (κ2) is 6.89. The number of benzene rings is 2. The Bertz CT molecular complexity index is 1020. The minimum atomic E-state index is -3.33. The van der Waals surface area contributed by atoms with E-state index in [9.17, 15) is 8.42 Å². The molecule has 0 amide bonds. The summed E-state index contributed by atoms with van der Waals surface area (Å²) in [4.78, 5) is 7.09. The van der Waals surface area contributed by atoms with Gasteiger partial charge in [0.15, 0.2) is 9.84 Å². The number of aromatic nitrogens is 1. The first kappa shape index (κ1) is 17.3. The van der Waals surface area contributed by atoms with Crippen molar-refractivity contribution in [3.8, 4) is 0 Å². The van der Waals surface area contributed by atoms with Crippen LogP contribution in [0.3, 0.4) is 0 Å². The highest BCUT2D eigenvalue weighted by Crippen LogP contribution is 2.30. The van der Waals surface area contributed by atoms with Gasteiger partial charge in [0.05, 0.1) is 10.1 Å². The van der Waals surface area contributed by atoms with Gasteiger partial charge in [0.25, 0.3) is 0 Å². The quantitative estimate of drug-likeness (QED) is 0.672. The van der Waals surface area contributed by atoms with Gasteiger partial charge in [0, 0.05) is 29.7 Å². The summed E-state index contributed by atoms with van der Waals surface area (Å²) >= 11 is 5.87. The molecule has 1 aliphatic rings. The van der Waals surface area contributed by atoms with Crippen LogP contribution in [0.5, 0.6) is 0 Å². The van der Waals surface area contributed by atoms with Crippen LogP contribution >= 0.6 is 11.6 Å². The maximum absolute atomic E-state index is 12.9. The van der Waals surface area contributed by atoms with Crippen molar-refractivity contribution in [1.82, 2.24) is 4.98 Å². The summed E-state index contributed by atoms with van der Waals surface area (Å²) in [5.41, 5.74) is 0. The molecule has 1 fully saturated rings. The molecule has 1 aromatic heterocycles. The number of rotatable bonds is 3. The lowest BCUT2D eigenvalue weighted by atomic mass is 10.1. The molecule has 4 nitrogen and oxygen atoms in total. The average Bonchev–Trinajstić information content (AvgIpc) is 2.68. The Morgan fingerprint density at radius 1 is 0.962 bits per heavy atom. The van der Waals surface area contributed by atoms with Gasteiger partial charge >= 0.3 is 0 Å². The lowest BCUT2D eigenvalue weighted by Crippen LogP contribution is -2.39. The fourth-order valence-electron chi connectivity index (χ4n) is 3.55. The fourth-order valence-corrected chi connectivity index (χ4v) is 5.41. The van der Waals surface area contributed by atoms with Gasteiger partial charge in [-0.05, 0) is 48.6 Å². The summed E-state index contributed by atoms with van der Waals surface area (Å²) in [5.74, 6) is 0.936. The van der Waals surface area contributed by atoms with E-state index in [0.717, 1.165) is 16.6 Å². The van der Waals surface area contributed by atoms with Crippen LogP contribution < -0.4 is 4.90 Å². The second-order valence-corrected chi connectivity index (χ2v) is 9.21. The van der Waals surface area contributed by atoms with Crippen LogP contribution in [-0.4, -0.2) is 31.7 Å². The smallest absolute Gasteiger partial charge is 0.181 e. The Kier molecular flexibility index (Phi) is 4.59. The molecule has 0 aliphatic carbocycles. The first-order valence-electron chi connectivity index (χ1n) is 8.64. The van der Waals surface area contributed by atoms with Crippen molar-refractivity contribution in [1.29, 1.82) is 0 Å². The molecule has 0 unspecified atom stereocenters. The number of sulfone groups is 1. The molecule has 2 aromatic carbocycles. The lowest BCUT2D eigenvalue weighted by Gasteiger charge is -2.33. The molecule has 0 radical (unpaired) electrons. The lowest BCUT2D eigenvalue weighted by molar-refractivity contribution is 0.528. The average molecular weight is 387 g/mol. The first-order valence-corrected chi connectivity index (χ1v) is 10.6. The molecule has 1 saturated heterocycles. The highest BCUT2D eigenvalue weighted by Gasteiger charge is 2.32. The Balaban J connectivity index is 1.54. The molecule has 6 heteroatoms. The fraction of sp³-hybridized carbons (Fsp3) is 0.250. The van der Waals surface area contributed by atoms with Crippen LogP contribution in [-0.2, 0) is 9.84 Å². The SMILES string of the molecule is O=S(=O)(c1ccc(Cl)cc1)C1CCN(c2nccc3ccccc23)CC1. The zero-order chi connectivity index (χ0) is 18.1. The highest BCUT2D eigenvalue weighted by molar-refractivity contribution is 7.92. The van der Waals surface area contributed by atoms with Crippen LogP contribution in [0.1, 0.15) is 12.8 Å². The molecule has 1 aliphatic heterocycles. The van der Waals surface area contributed by atoms with E-state index in [0.29, 0.717) is 35.8 Å². The topological polar surface area (TPSA) is 50.3 Å². The maximum Gasteiger partial charge on any atom is 0.181 e. The largest absolute Gasteiger partial charge is 0.356 e. The number of halogens is 1. The van der Waals surface area contributed by atoms with Crippen molar-refractivity contribution in [3.05, 3.63) is 65.8 Å². The summed E-state index contributed by atoms with van der Waals surface area (Å²) in [6, 6.07) is 16.6. The zero-order valence-electron chi connectivity index (χ0n) is 14.2. The summed E-state index contributed by atoms with van der Waals surface area (Å²) in [6.45, 7) is 1.36. The van der Waals surface area contributed by atoms with Crippen LogP contribution in [0.4, 0.5) is 5.82 Å². The third-order valence-corrected chi connectivity index (χ3v) is 7.51. The predicted molar refractivity (Wildman–Crippen MR) is 106 cm³/mol. The van der Waals surface area contributed by atoms with Crippen molar-refractivity contribution in [2.75, 3.05) is 18.0 Å². The third kappa shape index (κ3) is 3.17. The van der Waals surface area contributed by atoms with Gasteiger partial charge in [-0.15, -0.1) is 0 Å². The van der Waals surface area contributed by atoms with E-state index in [4.69, 9.17) is 11.6 Å². The van der Waals surface area contributed by atoms with Gasteiger partial charge in [0.2, 0.25) is 0 Å². The van der Waals surface area contributed by atoms with Gasteiger partial charge in [0.1, 0.15) is 5.82 Å². The van der Waals surface area contributed by atoms with E-state index in [1.807, 2.05) is 24.4 Å². The van der Waals surface area contributed by atoms with Crippen molar-refractivity contribution in [2.24, 2.45) is 0 Å². The molecule has 4 rings (SSSR count). The minimum absolute atomic E-state index is 0.351. The van der Waals surface area contributed by atoms with E-state index in [-0.39, 0.29) is 5.25 Å². The number of fused-ring (bicyclic) bond motifs is 1. The highest BCUT2D eigenvalue weighted by atomic mass is 35.5. The molecular formula is C20H19ClN2O2S. The van der Waals surface area contributed by atoms with E-state index < -0.39 is 9.84 Å². The number of anilines is 1. The van der Waals surface area contributed by atoms with E-state index in [2.05, 4.69) is 22.0 Å². The van der Waals surface area contributed by atoms with Crippen molar-refractivity contribution < 1.29 is 8.42 Å². The molecule has 0 bridgehead atoms. The molecule has 26 heavy (non-hydrogen) atoms. The third-order valence-electron chi connectivity index (χ3n) is 4.98. The Morgan fingerprint density at radius 2 is 1.65 bits per heavy atom. The molecule has 2 heterocycles. The van der Waals surface area contributed by atoms with Crippen LogP contribution in [0.2, 0.25) is 5.02 Å². The van der Waals surface area contributed by atoms with E-state index in [1.165, 1.54) is 0 Å².